The third kappa shape index (κ3) is 3.78. The van der Waals surface area contributed by atoms with Gasteiger partial charge >= 0.3 is 0 Å². The van der Waals surface area contributed by atoms with E-state index < -0.39 is 0 Å². The van der Waals surface area contributed by atoms with Gasteiger partial charge in [-0.15, -0.1) is 0 Å². The number of ketones is 1. The number of carbonyl (C=O) groups is 1. The Balaban J connectivity index is 1.56. The fourth-order valence-electron chi connectivity index (χ4n) is 8.09. The van der Waals surface area contributed by atoms with Gasteiger partial charge in [-0.25, -0.2) is 0 Å². The standard InChI is InChI=1S/C28H44O3/c1-17(19(3)16-29)6-7-18(2)22-8-9-23-21-15-26(31)25-14-20(30)10-12-28(25,5)24(21)11-13-27(22,23)4/h6-7,15,17-20,22-25,29-30H,8-14,16H2,1-5H3/t17-,18+,19+,20+,22+,23-,24-,25+,27+,28+/m0/s1. The molecule has 3 nitrogen and oxygen atoms in total. The van der Waals surface area contributed by atoms with Crippen molar-refractivity contribution >= 4 is 5.78 Å². The van der Waals surface area contributed by atoms with Crippen molar-refractivity contribution in [3.8, 4) is 0 Å². The number of aliphatic hydroxyl groups is 2. The van der Waals surface area contributed by atoms with Gasteiger partial charge in [0, 0.05) is 12.5 Å². The van der Waals surface area contributed by atoms with E-state index in [0.717, 1.165) is 12.8 Å². The summed E-state index contributed by atoms with van der Waals surface area (Å²) in [4.78, 5) is 13.2. The highest BCUT2D eigenvalue weighted by Crippen LogP contribution is 2.66. The Bertz CT molecular complexity index is 753. The van der Waals surface area contributed by atoms with E-state index in [1.807, 2.05) is 6.08 Å². The summed E-state index contributed by atoms with van der Waals surface area (Å²) in [5.41, 5.74) is 1.78. The average molecular weight is 429 g/mol. The van der Waals surface area contributed by atoms with Crippen molar-refractivity contribution in [3.63, 3.8) is 0 Å². The molecule has 0 aromatic rings. The van der Waals surface area contributed by atoms with Crippen molar-refractivity contribution < 1.29 is 15.0 Å². The van der Waals surface area contributed by atoms with Crippen LogP contribution in [0.25, 0.3) is 0 Å². The number of rotatable bonds is 5. The molecule has 4 aliphatic rings. The van der Waals surface area contributed by atoms with Gasteiger partial charge in [-0.3, -0.25) is 4.79 Å². The first-order chi connectivity index (χ1) is 14.6. The maximum Gasteiger partial charge on any atom is 0.159 e. The van der Waals surface area contributed by atoms with Crippen LogP contribution in [0.1, 0.15) is 79.6 Å². The van der Waals surface area contributed by atoms with E-state index in [1.165, 1.54) is 31.3 Å². The van der Waals surface area contributed by atoms with E-state index >= 15 is 0 Å². The second-order valence-electron chi connectivity index (χ2n) is 12.1. The van der Waals surface area contributed by atoms with E-state index in [-0.39, 0.29) is 29.5 Å². The van der Waals surface area contributed by atoms with Gasteiger partial charge < -0.3 is 10.2 Å². The molecular weight excluding hydrogens is 384 g/mol. The zero-order valence-electron chi connectivity index (χ0n) is 20.3. The molecule has 0 amide bonds. The van der Waals surface area contributed by atoms with E-state index in [1.54, 1.807) is 0 Å². The number of allylic oxidation sites excluding steroid dienone is 4. The summed E-state index contributed by atoms with van der Waals surface area (Å²) in [5, 5.41) is 19.7. The zero-order chi connectivity index (χ0) is 22.6. The van der Waals surface area contributed by atoms with Gasteiger partial charge in [-0.1, -0.05) is 52.3 Å². The zero-order valence-corrected chi connectivity index (χ0v) is 20.3. The summed E-state index contributed by atoms with van der Waals surface area (Å²) < 4.78 is 0. The number of hydrogen-bond donors (Lipinski definition) is 2. The number of carbonyl (C=O) groups excluding carboxylic acids is 1. The van der Waals surface area contributed by atoms with Gasteiger partial charge in [0.25, 0.3) is 0 Å². The van der Waals surface area contributed by atoms with Crippen LogP contribution in [0.3, 0.4) is 0 Å². The predicted molar refractivity (Wildman–Crippen MR) is 125 cm³/mol. The summed E-state index contributed by atoms with van der Waals surface area (Å²) in [7, 11) is 0. The van der Waals surface area contributed by atoms with Crippen molar-refractivity contribution in [2.75, 3.05) is 6.61 Å². The topological polar surface area (TPSA) is 57.5 Å². The third-order valence-electron chi connectivity index (χ3n) is 10.5. The molecule has 0 saturated heterocycles. The quantitative estimate of drug-likeness (QED) is 0.564. The van der Waals surface area contributed by atoms with E-state index in [2.05, 4.69) is 46.8 Å². The molecule has 3 fully saturated rings. The Labute approximate surface area is 189 Å². The summed E-state index contributed by atoms with van der Waals surface area (Å²) in [6.45, 7) is 11.8. The molecule has 4 rings (SSSR count). The van der Waals surface area contributed by atoms with Crippen LogP contribution >= 0.6 is 0 Å². The Morgan fingerprint density at radius 3 is 2.39 bits per heavy atom. The highest BCUT2D eigenvalue weighted by molar-refractivity contribution is 5.94. The number of hydrogen-bond acceptors (Lipinski definition) is 3. The minimum absolute atomic E-state index is 0.0171. The molecule has 174 valence electrons. The first kappa shape index (κ1) is 23.2. The molecule has 3 saturated carbocycles. The molecule has 4 aliphatic carbocycles. The first-order valence-corrected chi connectivity index (χ1v) is 12.8. The van der Waals surface area contributed by atoms with Gasteiger partial charge in [0.15, 0.2) is 5.78 Å². The van der Waals surface area contributed by atoms with E-state index in [4.69, 9.17) is 0 Å². The highest BCUT2D eigenvalue weighted by atomic mass is 16.3. The van der Waals surface area contributed by atoms with E-state index in [9.17, 15) is 15.0 Å². The van der Waals surface area contributed by atoms with Gasteiger partial charge in [-0.2, -0.15) is 0 Å². The van der Waals surface area contributed by atoms with Crippen molar-refractivity contribution in [3.05, 3.63) is 23.8 Å². The van der Waals surface area contributed by atoms with Gasteiger partial charge in [-0.05, 0) is 97.4 Å². The second kappa shape index (κ2) is 8.45. The maximum absolute atomic E-state index is 13.2. The maximum atomic E-state index is 13.2. The summed E-state index contributed by atoms with van der Waals surface area (Å²) in [6, 6.07) is 0. The molecule has 10 atom stereocenters. The Morgan fingerprint density at radius 1 is 1.00 bits per heavy atom. The van der Waals surface area contributed by atoms with Crippen LogP contribution in [-0.2, 0) is 4.79 Å². The molecule has 0 heterocycles. The lowest BCUT2D eigenvalue weighted by atomic mass is 9.47. The van der Waals surface area contributed by atoms with Crippen LogP contribution < -0.4 is 0 Å². The SMILES string of the molecule is C[C@H](C=C[C@H](C)[C@H](C)CO)[C@H]1CC[C@H]2C3=CC(=O)[C@H]4C[C@H](O)CC[C@]4(C)[C@H]3CC[C@]12C. The molecule has 0 radical (unpaired) electrons. The molecule has 0 aromatic heterocycles. The highest BCUT2D eigenvalue weighted by Gasteiger charge is 2.59. The van der Waals surface area contributed by atoms with Gasteiger partial charge in [0.1, 0.15) is 0 Å². The lowest BCUT2D eigenvalue weighted by Crippen LogP contribution is -2.52. The van der Waals surface area contributed by atoms with Crippen LogP contribution in [0.2, 0.25) is 0 Å². The van der Waals surface area contributed by atoms with Crippen molar-refractivity contribution in [1.29, 1.82) is 0 Å². The lowest BCUT2D eigenvalue weighted by molar-refractivity contribution is -0.132. The first-order valence-electron chi connectivity index (χ1n) is 12.8. The monoisotopic (exact) mass is 428 g/mol. The summed E-state index contributed by atoms with van der Waals surface area (Å²) >= 11 is 0. The number of fused-ring (bicyclic) bond motifs is 5. The predicted octanol–water partition coefficient (Wildman–Crippen LogP) is 5.56. The average Bonchev–Trinajstić information content (AvgIpc) is 3.10. The van der Waals surface area contributed by atoms with Gasteiger partial charge in [0.2, 0.25) is 0 Å². The molecule has 0 aliphatic heterocycles. The molecular formula is C28H44O3. The summed E-state index contributed by atoms with van der Waals surface area (Å²) in [5.74, 6) is 3.24. The van der Waals surface area contributed by atoms with Gasteiger partial charge in [0.05, 0.1) is 6.10 Å². The minimum Gasteiger partial charge on any atom is -0.396 e. The van der Waals surface area contributed by atoms with Crippen LogP contribution in [0.4, 0.5) is 0 Å². The molecule has 0 bridgehead atoms. The van der Waals surface area contributed by atoms with E-state index in [0.29, 0.717) is 47.7 Å². The molecule has 0 aromatic carbocycles. The van der Waals surface area contributed by atoms with Crippen LogP contribution in [0.15, 0.2) is 23.8 Å². The fraction of sp³-hybridized carbons (Fsp3) is 0.821. The second-order valence-corrected chi connectivity index (χ2v) is 12.1. The summed E-state index contributed by atoms with van der Waals surface area (Å²) in [6.07, 6.45) is 13.9. The Morgan fingerprint density at radius 2 is 1.68 bits per heavy atom. The van der Waals surface area contributed by atoms with Crippen molar-refractivity contribution in [1.82, 2.24) is 0 Å². The molecule has 0 spiro atoms. The van der Waals surface area contributed by atoms with Crippen LogP contribution in [0.5, 0.6) is 0 Å². The molecule has 31 heavy (non-hydrogen) atoms. The van der Waals surface area contributed by atoms with Crippen LogP contribution in [0, 0.1) is 52.3 Å². The largest absolute Gasteiger partial charge is 0.396 e. The van der Waals surface area contributed by atoms with Crippen molar-refractivity contribution in [2.24, 2.45) is 52.3 Å². The smallest absolute Gasteiger partial charge is 0.159 e. The Hall–Kier alpha value is -0.930. The molecule has 3 heteroatoms. The van der Waals surface area contributed by atoms with Crippen molar-refractivity contribution in [2.45, 2.75) is 85.7 Å². The normalized spacial score (nSPS) is 45.5. The third-order valence-corrected chi connectivity index (χ3v) is 10.5. The fourth-order valence-corrected chi connectivity index (χ4v) is 8.09. The molecule has 0 unspecified atom stereocenters. The lowest BCUT2D eigenvalue weighted by Gasteiger charge is -2.57. The minimum atomic E-state index is -0.301. The molecule has 2 N–H and O–H groups in total. The number of aliphatic hydroxyl groups excluding tert-OH is 2. The Kier molecular flexibility index (Phi) is 6.33. The van der Waals surface area contributed by atoms with Crippen LogP contribution in [-0.4, -0.2) is 28.7 Å².